The molecule has 0 bridgehead atoms. The molecule has 26 heavy (non-hydrogen) atoms. The van der Waals surface area contributed by atoms with Crippen LogP contribution in [-0.2, 0) is 14.8 Å². The van der Waals surface area contributed by atoms with E-state index in [0.29, 0.717) is 31.9 Å². The SMILES string of the molecule is Cc1ccc(S(=O)(=O)Nc2ccc(N3CCN(C=O)CC3)nc2)cc1C. The van der Waals surface area contributed by atoms with E-state index in [1.807, 2.05) is 13.8 Å². The number of carbonyl (C=O) groups is 1. The van der Waals surface area contributed by atoms with E-state index in [2.05, 4.69) is 14.6 Å². The second-order valence-corrected chi connectivity index (χ2v) is 8.07. The van der Waals surface area contributed by atoms with Crippen molar-refractivity contribution in [1.82, 2.24) is 9.88 Å². The maximum atomic E-state index is 12.5. The van der Waals surface area contributed by atoms with Crippen molar-refractivity contribution in [1.29, 1.82) is 0 Å². The summed E-state index contributed by atoms with van der Waals surface area (Å²) in [6, 6.07) is 8.54. The van der Waals surface area contributed by atoms with E-state index in [4.69, 9.17) is 0 Å². The van der Waals surface area contributed by atoms with E-state index < -0.39 is 10.0 Å². The fraction of sp³-hybridized carbons (Fsp3) is 0.333. The summed E-state index contributed by atoms with van der Waals surface area (Å²) in [7, 11) is -3.65. The van der Waals surface area contributed by atoms with E-state index in [-0.39, 0.29) is 4.90 Å². The highest BCUT2D eigenvalue weighted by atomic mass is 32.2. The fourth-order valence-corrected chi connectivity index (χ4v) is 3.91. The molecule has 8 heteroatoms. The Morgan fingerprint density at radius 3 is 2.35 bits per heavy atom. The lowest BCUT2D eigenvalue weighted by molar-refractivity contribution is -0.118. The molecule has 0 radical (unpaired) electrons. The van der Waals surface area contributed by atoms with Gasteiger partial charge in [-0.2, -0.15) is 0 Å². The Balaban J connectivity index is 1.70. The Labute approximate surface area is 153 Å². The summed E-state index contributed by atoms with van der Waals surface area (Å²) < 4.78 is 27.6. The first kappa shape index (κ1) is 18.2. The molecule has 1 aliphatic heterocycles. The van der Waals surface area contributed by atoms with Crippen LogP contribution >= 0.6 is 0 Å². The molecule has 1 N–H and O–H groups in total. The zero-order valence-electron chi connectivity index (χ0n) is 14.8. The predicted octanol–water partition coefficient (Wildman–Crippen LogP) is 1.78. The minimum absolute atomic E-state index is 0.231. The lowest BCUT2D eigenvalue weighted by Gasteiger charge is -2.33. The van der Waals surface area contributed by atoms with Crippen molar-refractivity contribution in [3.63, 3.8) is 0 Å². The summed E-state index contributed by atoms with van der Waals surface area (Å²) in [4.78, 5) is 19.1. The highest BCUT2D eigenvalue weighted by Gasteiger charge is 2.18. The molecule has 7 nitrogen and oxygen atoms in total. The summed E-state index contributed by atoms with van der Waals surface area (Å²) in [5, 5.41) is 0. The number of benzene rings is 1. The standard InChI is InChI=1S/C18H22N4O3S/c1-14-3-5-17(11-15(14)2)26(24,25)20-16-4-6-18(19-12-16)22-9-7-21(13-23)8-10-22/h3-6,11-13,20H,7-10H2,1-2H3. The number of aryl methyl sites for hydroxylation is 2. The highest BCUT2D eigenvalue weighted by molar-refractivity contribution is 7.92. The summed E-state index contributed by atoms with van der Waals surface area (Å²) in [5.74, 6) is 0.768. The Bertz CT molecular complexity index is 889. The number of hydrogen-bond donors (Lipinski definition) is 1. The topological polar surface area (TPSA) is 82.6 Å². The van der Waals surface area contributed by atoms with Gasteiger partial charge in [0, 0.05) is 26.2 Å². The van der Waals surface area contributed by atoms with Crippen molar-refractivity contribution in [2.45, 2.75) is 18.7 Å². The smallest absolute Gasteiger partial charge is 0.261 e. The summed E-state index contributed by atoms with van der Waals surface area (Å²) in [6.07, 6.45) is 2.37. The molecule has 0 spiro atoms. The molecule has 1 aromatic carbocycles. The number of nitrogens with zero attached hydrogens (tertiary/aromatic N) is 3. The average Bonchev–Trinajstić information content (AvgIpc) is 2.64. The minimum atomic E-state index is -3.65. The van der Waals surface area contributed by atoms with Crippen molar-refractivity contribution < 1.29 is 13.2 Å². The molecule has 1 aromatic heterocycles. The van der Waals surface area contributed by atoms with Crippen LogP contribution in [0.4, 0.5) is 11.5 Å². The third kappa shape index (κ3) is 3.96. The fourth-order valence-electron chi connectivity index (χ4n) is 2.79. The summed E-state index contributed by atoms with van der Waals surface area (Å²) in [5.41, 5.74) is 2.39. The molecule has 1 amide bonds. The number of nitrogens with one attached hydrogen (secondary N) is 1. The molecule has 1 saturated heterocycles. The van der Waals surface area contributed by atoms with Gasteiger partial charge in [0.25, 0.3) is 10.0 Å². The van der Waals surface area contributed by atoms with Gasteiger partial charge in [-0.15, -0.1) is 0 Å². The van der Waals surface area contributed by atoms with E-state index in [9.17, 15) is 13.2 Å². The van der Waals surface area contributed by atoms with Gasteiger partial charge < -0.3 is 9.80 Å². The maximum absolute atomic E-state index is 12.5. The van der Waals surface area contributed by atoms with Crippen molar-refractivity contribution in [3.8, 4) is 0 Å². The summed E-state index contributed by atoms with van der Waals surface area (Å²) in [6.45, 7) is 6.56. The molecular weight excluding hydrogens is 352 g/mol. The van der Waals surface area contributed by atoms with Crippen LogP contribution in [0.1, 0.15) is 11.1 Å². The number of aromatic nitrogens is 1. The first-order chi connectivity index (χ1) is 12.4. The van der Waals surface area contributed by atoms with Gasteiger partial charge in [-0.05, 0) is 49.2 Å². The Kier molecular flexibility index (Phi) is 5.13. The molecular formula is C18H22N4O3S. The van der Waals surface area contributed by atoms with Gasteiger partial charge in [-0.3, -0.25) is 9.52 Å². The number of pyridine rings is 1. The Hall–Kier alpha value is -2.61. The number of rotatable bonds is 5. The van der Waals surface area contributed by atoms with Crippen LogP contribution < -0.4 is 9.62 Å². The second kappa shape index (κ2) is 7.33. The average molecular weight is 374 g/mol. The van der Waals surface area contributed by atoms with Crippen LogP contribution in [0.3, 0.4) is 0 Å². The van der Waals surface area contributed by atoms with Gasteiger partial charge in [0.05, 0.1) is 16.8 Å². The van der Waals surface area contributed by atoms with Crippen LogP contribution in [0.2, 0.25) is 0 Å². The lowest BCUT2D eigenvalue weighted by atomic mass is 10.1. The number of amides is 1. The molecule has 1 fully saturated rings. The monoisotopic (exact) mass is 374 g/mol. The largest absolute Gasteiger partial charge is 0.353 e. The highest BCUT2D eigenvalue weighted by Crippen LogP contribution is 2.20. The first-order valence-corrected chi connectivity index (χ1v) is 9.88. The van der Waals surface area contributed by atoms with Crippen LogP contribution in [0.15, 0.2) is 41.4 Å². The molecule has 1 aliphatic rings. The van der Waals surface area contributed by atoms with Crippen molar-refractivity contribution in [2.75, 3.05) is 35.8 Å². The number of hydrogen-bond acceptors (Lipinski definition) is 5. The van der Waals surface area contributed by atoms with Gasteiger partial charge in [0.15, 0.2) is 0 Å². The molecule has 2 heterocycles. The van der Waals surface area contributed by atoms with Gasteiger partial charge >= 0.3 is 0 Å². The van der Waals surface area contributed by atoms with Gasteiger partial charge in [0.2, 0.25) is 6.41 Å². The van der Waals surface area contributed by atoms with E-state index in [0.717, 1.165) is 23.4 Å². The Morgan fingerprint density at radius 2 is 1.77 bits per heavy atom. The van der Waals surface area contributed by atoms with Gasteiger partial charge in [0.1, 0.15) is 5.82 Å². The van der Waals surface area contributed by atoms with Crippen LogP contribution in [0.5, 0.6) is 0 Å². The molecule has 2 aromatic rings. The van der Waals surface area contributed by atoms with Crippen LogP contribution in [-0.4, -0.2) is 50.9 Å². The summed E-state index contributed by atoms with van der Waals surface area (Å²) >= 11 is 0. The van der Waals surface area contributed by atoms with E-state index in [1.54, 1.807) is 35.2 Å². The third-order valence-corrected chi connectivity index (χ3v) is 5.96. The predicted molar refractivity (Wildman–Crippen MR) is 101 cm³/mol. The molecule has 138 valence electrons. The number of piperazine rings is 1. The van der Waals surface area contributed by atoms with Crippen molar-refractivity contribution in [2.24, 2.45) is 0 Å². The minimum Gasteiger partial charge on any atom is -0.353 e. The van der Waals surface area contributed by atoms with Crippen LogP contribution in [0.25, 0.3) is 0 Å². The normalized spacial score (nSPS) is 15.0. The third-order valence-electron chi connectivity index (χ3n) is 4.58. The lowest BCUT2D eigenvalue weighted by Crippen LogP contribution is -2.46. The molecule has 3 rings (SSSR count). The second-order valence-electron chi connectivity index (χ2n) is 6.39. The number of anilines is 2. The zero-order chi connectivity index (χ0) is 18.7. The van der Waals surface area contributed by atoms with Crippen molar-refractivity contribution in [3.05, 3.63) is 47.7 Å². The first-order valence-electron chi connectivity index (χ1n) is 8.39. The zero-order valence-corrected chi connectivity index (χ0v) is 15.7. The van der Waals surface area contributed by atoms with Gasteiger partial charge in [-0.1, -0.05) is 6.07 Å². The molecule has 0 saturated carbocycles. The number of sulfonamides is 1. The maximum Gasteiger partial charge on any atom is 0.261 e. The van der Waals surface area contributed by atoms with Crippen molar-refractivity contribution >= 4 is 27.9 Å². The van der Waals surface area contributed by atoms with E-state index in [1.165, 1.54) is 6.20 Å². The molecule has 0 unspecified atom stereocenters. The van der Waals surface area contributed by atoms with Crippen LogP contribution in [0, 0.1) is 13.8 Å². The number of carbonyl (C=O) groups excluding carboxylic acids is 1. The van der Waals surface area contributed by atoms with E-state index >= 15 is 0 Å². The molecule has 0 aliphatic carbocycles. The Morgan fingerprint density at radius 1 is 1.04 bits per heavy atom. The quantitative estimate of drug-likeness (QED) is 0.807. The van der Waals surface area contributed by atoms with Gasteiger partial charge in [-0.25, -0.2) is 13.4 Å². The molecule has 0 atom stereocenters.